The Kier molecular flexibility index (Phi) is 5.75. The maximum Gasteiger partial charge on any atom is 0.338 e. The number of nitrogens with zero attached hydrogens (tertiary/aromatic N) is 2. The lowest BCUT2D eigenvalue weighted by molar-refractivity contribution is -0.505. The molecule has 0 aromatic heterocycles. The summed E-state index contributed by atoms with van der Waals surface area (Å²) in [6.45, 7) is 0.0898. The highest BCUT2D eigenvalue weighted by molar-refractivity contribution is 7.91. The van der Waals surface area contributed by atoms with Crippen molar-refractivity contribution in [2.24, 2.45) is 0 Å². The molecular weight excluding hydrogens is 435 g/mol. The third-order valence-electron chi connectivity index (χ3n) is 5.55. The van der Waals surface area contributed by atoms with Crippen molar-refractivity contribution in [2.45, 2.75) is 22.7 Å². The van der Waals surface area contributed by atoms with Crippen LogP contribution in [0, 0.1) is 15.9 Å². The maximum absolute atomic E-state index is 13.4. The molecule has 3 aromatic rings. The van der Waals surface area contributed by atoms with Crippen LogP contribution >= 0.6 is 0 Å². The number of benzene rings is 3. The maximum atomic E-state index is 13.4. The number of sulfone groups is 1. The van der Waals surface area contributed by atoms with Gasteiger partial charge in [-0.1, -0.05) is 42.5 Å². The summed E-state index contributed by atoms with van der Waals surface area (Å²) in [4.78, 5) is 25.7. The van der Waals surface area contributed by atoms with Gasteiger partial charge < -0.3 is 4.90 Å². The minimum atomic E-state index is -4.45. The van der Waals surface area contributed by atoms with Crippen molar-refractivity contribution in [2.75, 3.05) is 6.54 Å². The highest BCUT2D eigenvalue weighted by Crippen LogP contribution is 2.38. The number of hydrogen-bond donors (Lipinski definition) is 0. The highest BCUT2D eigenvalue weighted by Gasteiger charge is 2.51. The van der Waals surface area contributed by atoms with E-state index in [1.54, 1.807) is 30.3 Å². The Hall–Kier alpha value is -3.59. The second kappa shape index (κ2) is 8.51. The average Bonchev–Trinajstić information content (AvgIpc) is 2.79. The van der Waals surface area contributed by atoms with Gasteiger partial charge in [0.05, 0.1) is 4.90 Å². The van der Waals surface area contributed by atoms with Crippen LogP contribution in [0.25, 0.3) is 0 Å². The molecule has 0 saturated carbocycles. The van der Waals surface area contributed by atoms with Gasteiger partial charge in [0.1, 0.15) is 11.9 Å². The average molecular weight is 454 g/mol. The topological polar surface area (TPSA) is 97.6 Å². The van der Waals surface area contributed by atoms with Gasteiger partial charge in [0.15, 0.2) is 0 Å². The molecule has 0 aliphatic carbocycles. The van der Waals surface area contributed by atoms with E-state index in [1.807, 2.05) is 0 Å². The van der Waals surface area contributed by atoms with Crippen LogP contribution < -0.4 is 0 Å². The number of rotatable bonds is 5. The fraction of sp³-hybridized carbons (Fsp3) is 0.174. The first-order valence-electron chi connectivity index (χ1n) is 9.87. The van der Waals surface area contributed by atoms with Crippen molar-refractivity contribution < 1.29 is 22.5 Å². The van der Waals surface area contributed by atoms with Gasteiger partial charge in [0.2, 0.25) is 9.84 Å². The summed E-state index contributed by atoms with van der Waals surface area (Å²) in [5, 5.41) is 10.1. The Morgan fingerprint density at radius 1 is 1.00 bits per heavy atom. The third kappa shape index (κ3) is 3.87. The highest BCUT2D eigenvalue weighted by atomic mass is 32.2. The van der Waals surface area contributed by atoms with Crippen molar-refractivity contribution in [3.05, 3.63) is 111 Å². The minimum absolute atomic E-state index is 0.0898. The Bertz CT molecular complexity index is 1260. The Labute approximate surface area is 184 Å². The van der Waals surface area contributed by atoms with Crippen LogP contribution in [0.3, 0.4) is 0 Å². The smallest absolute Gasteiger partial charge is 0.323 e. The van der Waals surface area contributed by atoms with Crippen LogP contribution in [-0.2, 0) is 16.3 Å². The molecule has 4 rings (SSSR count). The number of amides is 1. The van der Waals surface area contributed by atoms with Crippen LogP contribution in [0.5, 0.6) is 0 Å². The van der Waals surface area contributed by atoms with E-state index in [4.69, 9.17) is 0 Å². The number of carbonyl (C=O) groups excluding carboxylic acids is 1. The Balaban J connectivity index is 1.87. The lowest BCUT2D eigenvalue weighted by Gasteiger charge is -2.38. The van der Waals surface area contributed by atoms with Gasteiger partial charge in [-0.05, 0) is 53.9 Å². The fourth-order valence-corrected chi connectivity index (χ4v) is 5.71. The number of carbonyl (C=O) groups is 1. The lowest BCUT2D eigenvalue weighted by atomic mass is 9.91. The van der Waals surface area contributed by atoms with Crippen LogP contribution in [-0.4, -0.2) is 36.1 Å². The van der Waals surface area contributed by atoms with Crippen molar-refractivity contribution in [1.29, 1.82) is 0 Å². The van der Waals surface area contributed by atoms with Gasteiger partial charge in [0, 0.05) is 17.0 Å². The van der Waals surface area contributed by atoms with Crippen LogP contribution in [0.1, 0.15) is 27.5 Å². The van der Waals surface area contributed by atoms with Gasteiger partial charge in [0.25, 0.3) is 5.91 Å². The Morgan fingerprint density at radius 2 is 1.62 bits per heavy atom. The number of hydrogen-bond acceptors (Lipinski definition) is 5. The quantitative estimate of drug-likeness (QED) is 0.433. The molecule has 0 fully saturated rings. The molecule has 1 aliphatic heterocycles. The molecule has 1 aliphatic rings. The largest absolute Gasteiger partial charge is 0.338 e. The molecule has 7 nitrogen and oxygen atoms in total. The molecule has 0 bridgehead atoms. The van der Waals surface area contributed by atoms with Crippen LogP contribution in [0.4, 0.5) is 4.39 Å². The standard InChI is InChI=1S/C23H19FN2O5S/c24-18-12-10-17(11-13-18)22(27)25-15-14-16-6-4-5-9-20(16)21(25)23(26(28)29)32(30,31)19-7-2-1-3-8-19/h1-13,21,23H,14-15H2/t21-,23+/m1/s1. The van der Waals surface area contributed by atoms with Crippen LogP contribution in [0.15, 0.2) is 83.8 Å². The van der Waals surface area contributed by atoms with E-state index < -0.39 is 37.9 Å². The van der Waals surface area contributed by atoms with E-state index in [9.17, 15) is 27.7 Å². The molecule has 0 radical (unpaired) electrons. The number of fused-ring (bicyclic) bond motifs is 1. The van der Waals surface area contributed by atoms with Crippen molar-refractivity contribution in [3.63, 3.8) is 0 Å². The molecule has 32 heavy (non-hydrogen) atoms. The zero-order chi connectivity index (χ0) is 22.9. The molecule has 164 valence electrons. The Morgan fingerprint density at radius 3 is 2.28 bits per heavy atom. The zero-order valence-corrected chi connectivity index (χ0v) is 17.6. The second-order valence-electron chi connectivity index (χ2n) is 7.43. The summed E-state index contributed by atoms with van der Waals surface area (Å²) in [5.74, 6) is -1.13. The minimum Gasteiger partial charge on any atom is -0.323 e. The van der Waals surface area contributed by atoms with Gasteiger partial charge >= 0.3 is 5.37 Å². The van der Waals surface area contributed by atoms with E-state index in [1.165, 1.54) is 41.3 Å². The molecule has 3 aromatic carbocycles. The first-order valence-corrected chi connectivity index (χ1v) is 11.4. The summed E-state index contributed by atoms with van der Waals surface area (Å²) in [7, 11) is -4.45. The van der Waals surface area contributed by atoms with Crippen molar-refractivity contribution in [3.8, 4) is 0 Å². The van der Waals surface area contributed by atoms with E-state index in [-0.39, 0.29) is 17.0 Å². The van der Waals surface area contributed by atoms with Gasteiger partial charge in [-0.15, -0.1) is 0 Å². The third-order valence-corrected chi connectivity index (χ3v) is 7.55. The predicted octanol–water partition coefficient (Wildman–Crippen LogP) is 3.64. The molecule has 0 N–H and O–H groups in total. The zero-order valence-electron chi connectivity index (χ0n) is 16.8. The summed E-state index contributed by atoms with van der Waals surface area (Å²) >= 11 is 0. The molecule has 1 heterocycles. The van der Waals surface area contributed by atoms with Crippen LogP contribution in [0.2, 0.25) is 0 Å². The molecule has 2 atom stereocenters. The summed E-state index contributed by atoms with van der Waals surface area (Å²) < 4.78 is 40.2. The normalized spacial score (nSPS) is 16.8. The molecular formula is C23H19FN2O5S. The fourth-order valence-electron chi connectivity index (χ4n) is 4.04. The lowest BCUT2D eigenvalue weighted by Crippen LogP contribution is -2.50. The predicted molar refractivity (Wildman–Crippen MR) is 115 cm³/mol. The summed E-state index contributed by atoms with van der Waals surface area (Å²) in [5.41, 5.74) is 1.28. The molecule has 0 spiro atoms. The first kappa shape index (κ1) is 21.6. The van der Waals surface area contributed by atoms with Gasteiger partial charge in [-0.2, -0.15) is 0 Å². The van der Waals surface area contributed by atoms with E-state index in [2.05, 4.69) is 0 Å². The monoisotopic (exact) mass is 454 g/mol. The summed E-state index contributed by atoms with van der Waals surface area (Å²) in [6.07, 6.45) is 0.412. The van der Waals surface area contributed by atoms with Gasteiger partial charge in [-0.25, -0.2) is 12.8 Å². The number of halogens is 1. The first-order chi connectivity index (χ1) is 15.3. The van der Waals surface area contributed by atoms with Gasteiger partial charge in [-0.3, -0.25) is 14.9 Å². The number of nitro groups is 1. The molecule has 0 unspecified atom stereocenters. The van der Waals surface area contributed by atoms with Crippen molar-refractivity contribution in [1.82, 2.24) is 4.90 Å². The molecule has 0 saturated heterocycles. The van der Waals surface area contributed by atoms with Crippen molar-refractivity contribution >= 4 is 15.7 Å². The SMILES string of the molecule is O=C(c1ccc(F)cc1)N1CCc2ccccc2[C@@H]1[C@@H]([N+](=O)[O-])S(=O)(=O)c1ccccc1. The second-order valence-corrected chi connectivity index (χ2v) is 9.48. The van der Waals surface area contributed by atoms with E-state index in [0.29, 0.717) is 12.0 Å². The summed E-state index contributed by atoms with van der Waals surface area (Å²) in [6, 6.07) is 17.4. The van der Waals surface area contributed by atoms with E-state index in [0.717, 1.165) is 17.7 Å². The molecule has 1 amide bonds. The molecule has 9 heteroatoms. The van der Waals surface area contributed by atoms with E-state index >= 15 is 0 Å².